The summed E-state index contributed by atoms with van der Waals surface area (Å²) in [5.74, 6) is 0.0132. The Bertz CT molecular complexity index is 837. The van der Waals surface area contributed by atoms with Gasteiger partial charge >= 0.3 is 0 Å². The lowest BCUT2D eigenvalue weighted by Gasteiger charge is -2.38. The van der Waals surface area contributed by atoms with Crippen molar-refractivity contribution >= 4 is 39.1 Å². The number of nitrogens with two attached hydrogens (primary N) is 1. The lowest BCUT2D eigenvalue weighted by Crippen LogP contribution is -2.53. The van der Waals surface area contributed by atoms with E-state index in [9.17, 15) is 4.79 Å². The quantitative estimate of drug-likeness (QED) is 0.664. The molecule has 3 rings (SSSR count). The van der Waals surface area contributed by atoms with Gasteiger partial charge in [-0.05, 0) is 61.9 Å². The highest BCUT2D eigenvalue weighted by atomic mass is 79.9. The summed E-state index contributed by atoms with van der Waals surface area (Å²) >= 11 is 9.50. The maximum atomic E-state index is 12.8. The minimum Gasteiger partial charge on any atom is -0.368 e. The van der Waals surface area contributed by atoms with Crippen LogP contribution in [0.1, 0.15) is 24.1 Å². The maximum Gasteiger partial charge on any atom is 0.239 e. The molecule has 0 spiro atoms. The van der Waals surface area contributed by atoms with Crippen molar-refractivity contribution in [1.29, 1.82) is 0 Å². The number of carbonyl (C=O) groups excluding carboxylic acids is 1. The minimum absolute atomic E-state index is 0.0132. The lowest BCUT2D eigenvalue weighted by atomic mass is 10.0. The number of halogens is 2. The van der Waals surface area contributed by atoms with Crippen LogP contribution in [-0.4, -0.2) is 50.1 Å². The molecule has 1 saturated heterocycles. The van der Waals surface area contributed by atoms with Gasteiger partial charge in [0, 0.05) is 47.4 Å². The summed E-state index contributed by atoms with van der Waals surface area (Å²) in [4.78, 5) is 17.1. The summed E-state index contributed by atoms with van der Waals surface area (Å²) in [5, 5.41) is 4.00. The molecule has 7 heteroatoms. The van der Waals surface area contributed by atoms with E-state index < -0.39 is 6.04 Å². The van der Waals surface area contributed by atoms with E-state index in [2.05, 4.69) is 51.3 Å². The zero-order valence-corrected chi connectivity index (χ0v) is 19.2. The maximum absolute atomic E-state index is 12.8. The molecule has 2 aromatic carbocycles. The molecular formula is C22H28BrClN4O. The van der Waals surface area contributed by atoms with Crippen LogP contribution in [0.15, 0.2) is 46.9 Å². The number of hydrogen-bond acceptors (Lipinski definition) is 4. The first-order valence-corrected chi connectivity index (χ1v) is 11.1. The fourth-order valence-electron chi connectivity index (χ4n) is 3.68. The number of rotatable bonds is 6. The molecule has 1 amide bonds. The zero-order valence-electron chi connectivity index (χ0n) is 16.9. The number of benzene rings is 2. The topological polar surface area (TPSA) is 61.6 Å². The Morgan fingerprint density at radius 2 is 1.83 bits per heavy atom. The predicted molar refractivity (Wildman–Crippen MR) is 124 cm³/mol. The third-order valence-corrected chi connectivity index (χ3v) is 6.25. The van der Waals surface area contributed by atoms with Crippen molar-refractivity contribution in [3.63, 3.8) is 0 Å². The van der Waals surface area contributed by atoms with Crippen LogP contribution >= 0.6 is 27.5 Å². The van der Waals surface area contributed by atoms with Crippen LogP contribution in [0.3, 0.4) is 0 Å². The van der Waals surface area contributed by atoms with Crippen molar-refractivity contribution in [2.45, 2.75) is 25.4 Å². The molecule has 2 aromatic rings. The Balaban J connectivity index is 1.61. The van der Waals surface area contributed by atoms with E-state index in [1.807, 2.05) is 36.2 Å². The van der Waals surface area contributed by atoms with Crippen LogP contribution in [0.5, 0.6) is 0 Å². The van der Waals surface area contributed by atoms with Crippen molar-refractivity contribution in [3.05, 3.63) is 63.1 Å². The van der Waals surface area contributed by atoms with Crippen LogP contribution < -0.4 is 16.0 Å². The molecule has 1 fully saturated rings. The fourth-order valence-corrected chi connectivity index (χ4v) is 4.18. The van der Waals surface area contributed by atoms with Gasteiger partial charge in [-0.1, -0.05) is 39.7 Å². The summed E-state index contributed by atoms with van der Waals surface area (Å²) < 4.78 is 1.07. The number of hydrogen-bond donors (Lipinski definition) is 2. The molecular weight excluding hydrogens is 452 g/mol. The largest absolute Gasteiger partial charge is 0.368 e. The Labute approximate surface area is 186 Å². The Morgan fingerprint density at radius 1 is 1.17 bits per heavy atom. The minimum atomic E-state index is -0.532. The Kier molecular flexibility index (Phi) is 7.57. The van der Waals surface area contributed by atoms with E-state index in [0.717, 1.165) is 23.1 Å². The van der Waals surface area contributed by atoms with E-state index in [-0.39, 0.29) is 11.9 Å². The summed E-state index contributed by atoms with van der Waals surface area (Å²) in [7, 11) is 1.97. The first-order chi connectivity index (χ1) is 13.9. The smallest absolute Gasteiger partial charge is 0.239 e. The fraction of sp³-hybridized carbons (Fsp3) is 0.409. The third-order valence-electron chi connectivity index (χ3n) is 5.51. The molecule has 0 radical (unpaired) electrons. The predicted octanol–water partition coefficient (Wildman–Crippen LogP) is 3.60. The van der Waals surface area contributed by atoms with Crippen molar-refractivity contribution in [2.24, 2.45) is 5.73 Å². The molecule has 0 saturated carbocycles. The molecule has 0 bridgehead atoms. The van der Waals surface area contributed by atoms with Gasteiger partial charge in [-0.2, -0.15) is 0 Å². The van der Waals surface area contributed by atoms with E-state index in [4.69, 9.17) is 17.3 Å². The molecule has 1 heterocycles. The monoisotopic (exact) mass is 478 g/mol. The van der Waals surface area contributed by atoms with Crippen molar-refractivity contribution in [2.75, 3.05) is 38.1 Å². The van der Waals surface area contributed by atoms with E-state index in [1.54, 1.807) is 0 Å². The molecule has 5 nitrogen and oxygen atoms in total. The molecule has 0 aliphatic carbocycles. The van der Waals surface area contributed by atoms with Gasteiger partial charge in [0.25, 0.3) is 0 Å². The van der Waals surface area contributed by atoms with Crippen LogP contribution in [0.25, 0.3) is 0 Å². The van der Waals surface area contributed by atoms with Gasteiger partial charge in [0.05, 0.1) is 6.04 Å². The molecule has 29 heavy (non-hydrogen) atoms. The van der Waals surface area contributed by atoms with Crippen molar-refractivity contribution in [1.82, 2.24) is 10.2 Å². The second-order valence-corrected chi connectivity index (χ2v) is 8.82. The number of anilines is 1. The lowest BCUT2D eigenvalue weighted by molar-refractivity contribution is -0.132. The van der Waals surface area contributed by atoms with Gasteiger partial charge < -0.3 is 20.9 Å². The van der Waals surface area contributed by atoms with Gasteiger partial charge in [-0.25, -0.2) is 0 Å². The molecule has 0 aromatic heterocycles. The highest BCUT2D eigenvalue weighted by Gasteiger charge is 2.26. The van der Waals surface area contributed by atoms with Crippen molar-refractivity contribution in [3.8, 4) is 0 Å². The third kappa shape index (κ3) is 5.51. The second-order valence-electron chi connectivity index (χ2n) is 7.46. The Morgan fingerprint density at radius 3 is 2.45 bits per heavy atom. The van der Waals surface area contributed by atoms with Crippen LogP contribution in [-0.2, 0) is 11.2 Å². The number of amides is 1. The Hall–Kier alpha value is -1.60. The second kappa shape index (κ2) is 9.94. The summed E-state index contributed by atoms with van der Waals surface area (Å²) in [6, 6.07) is 13.6. The summed E-state index contributed by atoms with van der Waals surface area (Å²) in [5.41, 5.74) is 9.70. The standard InChI is InChI=1S/C22H28BrClN4O/c1-15(26-2)19-14-17(23)5-8-21(19)27-9-11-28(12-10-27)22(29)20(25)13-16-3-6-18(24)7-4-16/h3-8,14-15,20,26H,9-13,25H2,1-2H3. The van der Waals surface area contributed by atoms with Gasteiger partial charge in [-0.15, -0.1) is 0 Å². The van der Waals surface area contributed by atoms with Gasteiger partial charge in [0.2, 0.25) is 5.91 Å². The number of piperazine rings is 1. The summed E-state index contributed by atoms with van der Waals surface area (Å²) in [6.45, 7) is 5.10. The van der Waals surface area contributed by atoms with E-state index >= 15 is 0 Å². The molecule has 1 aliphatic heterocycles. The van der Waals surface area contributed by atoms with Crippen molar-refractivity contribution < 1.29 is 4.79 Å². The van der Waals surface area contributed by atoms with Crippen LogP contribution in [0.2, 0.25) is 5.02 Å². The molecule has 1 aliphatic rings. The van der Waals surface area contributed by atoms with E-state index in [0.29, 0.717) is 24.5 Å². The van der Waals surface area contributed by atoms with E-state index in [1.165, 1.54) is 11.3 Å². The molecule has 156 valence electrons. The number of carbonyl (C=O) groups is 1. The first kappa shape index (κ1) is 22.1. The zero-order chi connectivity index (χ0) is 21.0. The number of nitrogens with one attached hydrogen (secondary N) is 1. The first-order valence-electron chi connectivity index (χ1n) is 9.89. The van der Waals surface area contributed by atoms with Gasteiger partial charge in [0.1, 0.15) is 0 Å². The average molecular weight is 480 g/mol. The molecule has 2 unspecified atom stereocenters. The van der Waals surface area contributed by atoms with Gasteiger partial charge in [0.15, 0.2) is 0 Å². The summed E-state index contributed by atoms with van der Waals surface area (Å²) in [6.07, 6.45) is 0.521. The molecule has 2 atom stereocenters. The average Bonchev–Trinajstić information content (AvgIpc) is 2.74. The van der Waals surface area contributed by atoms with Gasteiger partial charge in [-0.3, -0.25) is 4.79 Å². The van der Waals surface area contributed by atoms with Crippen LogP contribution in [0.4, 0.5) is 5.69 Å². The van der Waals surface area contributed by atoms with Crippen LogP contribution in [0, 0.1) is 0 Å². The highest BCUT2D eigenvalue weighted by molar-refractivity contribution is 9.10. The molecule has 3 N–H and O–H groups in total. The SMILES string of the molecule is CNC(C)c1cc(Br)ccc1N1CCN(C(=O)C(N)Cc2ccc(Cl)cc2)CC1. The normalized spacial score (nSPS) is 16.6. The highest BCUT2D eigenvalue weighted by Crippen LogP contribution is 2.30. The number of nitrogens with zero attached hydrogens (tertiary/aromatic N) is 2.